The third-order valence-electron chi connectivity index (χ3n) is 3.44. The lowest BCUT2D eigenvalue weighted by Gasteiger charge is -2.02. The van der Waals surface area contributed by atoms with E-state index in [1.54, 1.807) is 43.5 Å². The van der Waals surface area contributed by atoms with E-state index in [0.29, 0.717) is 11.4 Å². The highest BCUT2D eigenvalue weighted by molar-refractivity contribution is 5.81. The average molecular weight is 308 g/mol. The zero-order valence-electron chi connectivity index (χ0n) is 12.2. The van der Waals surface area contributed by atoms with Crippen LogP contribution in [0.2, 0.25) is 0 Å². The van der Waals surface area contributed by atoms with E-state index in [1.807, 2.05) is 0 Å². The number of methoxy groups -OCH3 is 1. The van der Waals surface area contributed by atoms with Crippen LogP contribution in [-0.2, 0) is 0 Å². The zero-order valence-corrected chi connectivity index (χ0v) is 12.2. The SMILES string of the molecule is COc1ccc(NN=c2c(=O)c(=O)c3ccccc3c2=O)cc1. The third-order valence-corrected chi connectivity index (χ3v) is 3.44. The molecule has 1 N–H and O–H groups in total. The van der Waals surface area contributed by atoms with Gasteiger partial charge in [0.05, 0.1) is 12.8 Å². The van der Waals surface area contributed by atoms with Crippen LogP contribution in [0.15, 0.2) is 68.0 Å². The topological polar surface area (TPSA) is 84.8 Å². The molecule has 3 aromatic rings. The smallest absolute Gasteiger partial charge is 0.257 e. The summed E-state index contributed by atoms with van der Waals surface area (Å²) in [6.45, 7) is 0. The molecule has 114 valence electrons. The molecule has 6 nitrogen and oxygen atoms in total. The highest BCUT2D eigenvalue weighted by Crippen LogP contribution is 2.14. The summed E-state index contributed by atoms with van der Waals surface area (Å²) in [6.07, 6.45) is 0. The number of rotatable bonds is 3. The lowest BCUT2D eigenvalue weighted by molar-refractivity contribution is 0.415. The molecule has 0 unspecified atom stereocenters. The van der Waals surface area contributed by atoms with Crippen molar-refractivity contribution in [1.29, 1.82) is 0 Å². The van der Waals surface area contributed by atoms with Gasteiger partial charge in [-0.25, -0.2) is 0 Å². The Morgan fingerprint density at radius 3 is 2.04 bits per heavy atom. The van der Waals surface area contributed by atoms with E-state index in [0.717, 1.165) is 0 Å². The third kappa shape index (κ3) is 2.62. The molecular formula is C17H12N2O4. The van der Waals surface area contributed by atoms with Crippen molar-refractivity contribution in [2.24, 2.45) is 5.10 Å². The largest absolute Gasteiger partial charge is 0.497 e. The van der Waals surface area contributed by atoms with Gasteiger partial charge in [-0.1, -0.05) is 24.3 Å². The van der Waals surface area contributed by atoms with Crippen molar-refractivity contribution in [1.82, 2.24) is 0 Å². The van der Waals surface area contributed by atoms with Gasteiger partial charge in [-0.15, -0.1) is 0 Å². The maximum Gasteiger partial charge on any atom is 0.257 e. The van der Waals surface area contributed by atoms with Crippen molar-refractivity contribution in [2.45, 2.75) is 0 Å². The van der Waals surface area contributed by atoms with E-state index in [-0.39, 0.29) is 10.8 Å². The van der Waals surface area contributed by atoms with Gasteiger partial charge < -0.3 is 4.74 Å². The maximum absolute atomic E-state index is 12.3. The Bertz CT molecular complexity index is 1080. The number of benzene rings is 3. The van der Waals surface area contributed by atoms with Crippen LogP contribution in [0.5, 0.6) is 5.75 Å². The number of anilines is 1. The van der Waals surface area contributed by atoms with Gasteiger partial charge in [0, 0.05) is 10.8 Å². The van der Waals surface area contributed by atoms with Crippen LogP contribution >= 0.6 is 0 Å². The Morgan fingerprint density at radius 1 is 0.826 bits per heavy atom. The van der Waals surface area contributed by atoms with Crippen molar-refractivity contribution < 1.29 is 4.74 Å². The number of nitrogens with one attached hydrogen (secondary N) is 1. The Kier molecular flexibility index (Phi) is 3.72. The van der Waals surface area contributed by atoms with Crippen molar-refractivity contribution in [3.63, 3.8) is 0 Å². The molecule has 0 fully saturated rings. The summed E-state index contributed by atoms with van der Waals surface area (Å²) in [7, 11) is 1.55. The summed E-state index contributed by atoms with van der Waals surface area (Å²) < 4.78 is 5.03. The molecule has 3 aromatic carbocycles. The molecule has 0 heterocycles. The first-order chi connectivity index (χ1) is 11.1. The van der Waals surface area contributed by atoms with Crippen molar-refractivity contribution in [2.75, 3.05) is 12.5 Å². The van der Waals surface area contributed by atoms with Crippen LogP contribution in [0.4, 0.5) is 5.69 Å². The van der Waals surface area contributed by atoms with E-state index in [4.69, 9.17) is 4.74 Å². The van der Waals surface area contributed by atoms with E-state index >= 15 is 0 Å². The predicted octanol–water partition coefficient (Wildman–Crippen LogP) is 0.732. The van der Waals surface area contributed by atoms with Crippen LogP contribution in [0.3, 0.4) is 0 Å². The fraction of sp³-hybridized carbons (Fsp3) is 0.0588. The Balaban J connectivity index is 2.14. The molecule has 0 aliphatic rings. The van der Waals surface area contributed by atoms with E-state index in [1.165, 1.54) is 12.1 Å². The van der Waals surface area contributed by atoms with Gasteiger partial charge in [0.25, 0.3) is 5.43 Å². The number of hydrogen-bond acceptors (Lipinski definition) is 6. The first-order valence-electron chi connectivity index (χ1n) is 6.82. The number of hydrogen-bond donors (Lipinski definition) is 1. The second-order valence-electron chi connectivity index (χ2n) is 4.83. The van der Waals surface area contributed by atoms with Crippen LogP contribution in [0.25, 0.3) is 10.8 Å². The molecule has 0 atom stereocenters. The standard InChI is InChI=1S/C17H12N2O4/c1-23-11-8-6-10(7-9-11)18-19-14-15(20)12-4-2-3-5-13(12)16(21)17(14)22/h2-9,18H,1H3. The zero-order chi connectivity index (χ0) is 16.4. The van der Waals surface area contributed by atoms with E-state index in [2.05, 4.69) is 10.5 Å². The molecule has 0 aromatic heterocycles. The molecule has 0 amide bonds. The average Bonchev–Trinajstić information content (AvgIpc) is 2.60. The van der Waals surface area contributed by atoms with E-state index < -0.39 is 21.6 Å². The first-order valence-corrected chi connectivity index (χ1v) is 6.82. The lowest BCUT2D eigenvalue weighted by atomic mass is 10.1. The van der Waals surface area contributed by atoms with Crippen LogP contribution < -0.4 is 31.8 Å². The predicted molar refractivity (Wildman–Crippen MR) is 87.3 cm³/mol. The van der Waals surface area contributed by atoms with Gasteiger partial charge >= 0.3 is 0 Å². The summed E-state index contributed by atoms with van der Waals surface area (Å²) >= 11 is 0. The van der Waals surface area contributed by atoms with Crippen LogP contribution in [-0.4, -0.2) is 7.11 Å². The quantitative estimate of drug-likeness (QED) is 0.569. The van der Waals surface area contributed by atoms with Crippen LogP contribution in [0.1, 0.15) is 0 Å². The summed E-state index contributed by atoms with van der Waals surface area (Å²) in [5.74, 6) is 0.664. The van der Waals surface area contributed by atoms with E-state index in [9.17, 15) is 14.4 Å². The number of fused-ring (bicyclic) bond motifs is 1. The van der Waals surface area contributed by atoms with Gasteiger partial charge in [0.2, 0.25) is 10.9 Å². The van der Waals surface area contributed by atoms with Gasteiger partial charge in [-0.2, -0.15) is 5.10 Å². The highest BCUT2D eigenvalue weighted by atomic mass is 16.5. The van der Waals surface area contributed by atoms with Crippen molar-refractivity contribution in [3.8, 4) is 5.75 Å². The fourth-order valence-corrected chi connectivity index (χ4v) is 2.23. The molecule has 3 rings (SSSR count). The number of nitrogens with zero attached hydrogens (tertiary/aromatic N) is 1. The molecule has 0 aliphatic heterocycles. The van der Waals surface area contributed by atoms with Gasteiger partial charge in [0.15, 0.2) is 5.36 Å². The highest BCUT2D eigenvalue weighted by Gasteiger charge is 2.10. The van der Waals surface area contributed by atoms with Crippen molar-refractivity contribution in [3.05, 3.63) is 84.6 Å². The molecule has 23 heavy (non-hydrogen) atoms. The molecule has 0 saturated heterocycles. The van der Waals surface area contributed by atoms with Gasteiger partial charge in [-0.05, 0) is 24.3 Å². The molecule has 0 aliphatic carbocycles. The Labute approximate surface area is 130 Å². The minimum absolute atomic E-state index is 0.117. The molecule has 0 spiro atoms. The lowest BCUT2D eigenvalue weighted by Crippen LogP contribution is -2.48. The second kappa shape index (κ2) is 5.84. The second-order valence-corrected chi connectivity index (χ2v) is 4.83. The minimum atomic E-state index is -0.908. The normalized spacial score (nSPS) is 11.6. The monoisotopic (exact) mass is 308 g/mol. The Hall–Kier alpha value is -3.28. The van der Waals surface area contributed by atoms with Gasteiger partial charge in [0.1, 0.15) is 5.75 Å². The first kappa shape index (κ1) is 14.6. The fourth-order valence-electron chi connectivity index (χ4n) is 2.23. The summed E-state index contributed by atoms with van der Waals surface area (Å²) in [4.78, 5) is 36.4. The molecule has 0 bridgehead atoms. The summed E-state index contributed by atoms with van der Waals surface area (Å²) in [6, 6.07) is 13.0. The summed E-state index contributed by atoms with van der Waals surface area (Å²) in [5, 5.41) is 3.72. The molecular weight excluding hydrogens is 296 g/mol. The molecule has 6 heteroatoms. The summed E-state index contributed by atoms with van der Waals surface area (Å²) in [5.41, 5.74) is 0.979. The number of ether oxygens (including phenoxy) is 1. The molecule has 0 saturated carbocycles. The van der Waals surface area contributed by atoms with Gasteiger partial charge in [-0.3, -0.25) is 19.8 Å². The molecule has 0 radical (unpaired) electrons. The van der Waals surface area contributed by atoms with Crippen molar-refractivity contribution >= 4 is 16.5 Å². The van der Waals surface area contributed by atoms with Crippen LogP contribution in [0, 0.1) is 0 Å². The minimum Gasteiger partial charge on any atom is -0.497 e. The Morgan fingerprint density at radius 2 is 1.43 bits per heavy atom. The maximum atomic E-state index is 12.3.